The lowest BCUT2D eigenvalue weighted by atomic mass is 9.99. The summed E-state index contributed by atoms with van der Waals surface area (Å²) < 4.78 is 0. The smallest absolute Gasteiger partial charge is 0.271 e. The molecule has 0 bridgehead atoms. The van der Waals surface area contributed by atoms with Crippen molar-refractivity contribution < 1.29 is 10.0 Å². The maximum Gasteiger partial charge on any atom is 0.271 e. The van der Waals surface area contributed by atoms with E-state index < -0.39 is 10.5 Å². The van der Waals surface area contributed by atoms with E-state index in [1.54, 1.807) is 6.92 Å². The van der Waals surface area contributed by atoms with Crippen molar-refractivity contribution >= 4 is 34.3 Å². The zero-order valence-electron chi connectivity index (χ0n) is 10.7. The number of nitro benzene ring substituents is 1. The molecule has 0 aliphatic rings. The van der Waals surface area contributed by atoms with E-state index in [-0.39, 0.29) is 17.3 Å². The number of halogens is 1. The number of benzene rings is 1. The number of nitrogens with one attached hydrogen (secondary N) is 1. The van der Waals surface area contributed by atoms with Crippen molar-refractivity contribution in [1.82, 2.24) is 0 Å². The Bertz CT molecular complexity index is 614. The standard InChI is InChI=1S/C13H13ClN2O3S/c1-13(17,9-4-5-20-7-9)8-15-12-3-2-10(16(18)19)6-11(12)14/h2-7,15,17H,8H2,1H3. The first-order valence-electron chi connectivity index (χ1n) is 5.83. The van der Waals surface area contributed by atoms with Gasteiger partial charge in [0.05, 0.1) is 15.6 Å². The van der Waals surface area contributed by atoms with Gasteiger partial charge in [-0.3, -0.25) is 10.1 Å². The molecule has 2 rings (SSSR count). The summed E-state index contributed by atoms with van der Waals surface area (Å²) in [4.78, 5) is 10.1. The average Bonchev–Trinajstić information content (AvgIpc) is 2.91. The molecule has 1 heterocycles. The topological polar surface area (TPSA) is 75.4 Å². The number of hydrogen-bond acceptors (Lipinski definition) is 5. The highest BCUT2D eigenvalue weighted by Gasteiger charge is 2.23. The molecule has 2 aromatic rings. The minimum absolute atomic E-state index is 0.0647. The minimum atomic E-state index is -1.04. The second kappa shape index (κ2) is 5.78. The maximum atomic E-state index is 10.6. The summed E-state index contributed by atoms with van der Waals surface area (Å²) >= 11 is 7.49. The number of rotatable bonds is 5. The molecule has 0 aliphatic heterocycles. The molecule has 0 aliphatic carbocycles. The first-order valence-corrected chi connectivity index (χ1v) is 7.15. The molecule has 0 radical (unpaired) electrons. The minimum Gasteiger partial charge on any atom is -0.384 e. The summed E-state index contributed by atoms with van der Waals surface area (Å²) in [5.74, 6) is 0. The summed E-state index contributed by atoms with van der Waals surface area (Å²) in [6, 6.07) is 6.03. The molecule has 0 saturated carbocycles. The van der Waals surface area contributed by atoms with Crippen LogP contribution < -0.4 is 5.32 Å². The Morgan fingerprint density at radius 3 is 2.80 bits per heavy atom. The fourth-order valence-corrected chi connectivity index (χ4v) is 2.73. The van der Waals surface area contributed by atoms with Crippen molar-refractivity contribution in [2.45, 2.75) is 12.5 Å². The Labute approximate surface area is 125 Å². The molecule has 1 unspecified atom stereocenters. The highest BCUT2D eigenvalue weighted by molar-refractivity contribution is 7.08. The van der Waals surface area contributed by atoms with Crippen LogP contribution >= 0.6 is 22.9 Å². The summed E-state index contributed by atoms with van der Waals surface area (Å²) in [7, 11) is 0. The Hall–Kier alpha value is -1.63. The SMILES string of the molecule is CC(O)(CNc1ccc([N+](=O)[O-])cc1Cl)c1ccsc1. The first-order chi connectivity index (χ1) is 9.40. The summed E-state index contributed by atoms with van der Waals surface area (Å²) in [6.07, 6.45) is 0. The lowest BCUT2D eigenvalue weighted by molar-refractivity contribution is -0.384. The number of hydrogen-bond donors (Lipinski definition) is 2. The van der Waals surface area contributed by atoms with Crippen LogP contribution in [0.5, 0.6) is 0 Å². The van der Waals surface area contributed by atoms with E-state index in [4.69, 9.17) is 11.6 Å². The van der Waals surface area contributed by atoms with Gasteiger partial charge in [0, 0.05) is 18.7 Å². The molecule has 1 aromatic heterocycles. The van der Waals surface area contributed by atoms with Gasteiger partial charge in [0.1, 0.15) is 5.60 Å². The number of aliphatic hydroxyl groups is 1. The van der Waals surface area contributed by atoms with E-state index in [9.17, 15) is 15.2 Å². The third-order valence-corrected chi connectivity index (χ3v) is 3.93. The van der Waals surface area contributed by atoms with E-state index in [2.05, 4.69) is 5.32 Å². The molecule has 2 N–H and O–H groups in total. The molecule has 1 aromatic carbocycles. The molecule has 20 heavy (non-hydrogen) atoms. The van der Waals surface area contributed by atoms with Crippen molar-refractivity contribution in [3.63, 3.8) is 0 Å². The van der Waals surface area contributed by atoms with Crippen LogP contribution in [0.15, 0.2) is 35.0 Å². The lowest BCUT2D eigenvalue weighted by Crippen LogP contribution is -2.30. The van der Waals surface area contributed by atoms with Gasteiger partial charge in [-0.2, -0.15) is 11.3 Å². The average molecular weight is 313 g/mol. The largest absolute Gasteiger partial charge is 0.384 e. The van der Waals surface area contributed by atoms with Gasteiger partial charge in [-0.15, -0.1) is 0 Å². The number of anilines is 1. The monoisotopic (exact) mass is 312 g/mol. The van der Waals surface area contributed by atoms with Gasteiger partial charge < -0.3 is 10.4 Å². The van der Waals surface area contributed by atoms with E-state index >= 15 is 0 Å². The maximum absolute atomic E-state index is 10.6. The quantitative estimate of drug-likeness (QED) is 0.653. The molecule has 1 atom stereocenters. The van der Waals surface area contributed by atoms with Crippen LogP contribution in [-0.4, -0.2) is 16.6 Å². The summed E-state index contributed by atoms with van der Waals surface area (Å²) in [5, 5.41) is 28.0. The number of thiophene rings is 1. The van der Waals surface area contributed by atoms with E-state index in [0.29, 0.717) is 5.69 Å². The molecule has 7 heteroatoms. The van der Waals surface area contributed by atoms with Crippen LogP contribution in [0.2, 0.25) is 5.02 Å². The van der Waals surface area contributed by atoms with Gasteiger partial charge in [-0.25, -0.2) is 0 Å². The zero-order valence-corrected chi connectivity index (χ0v) is 12.2. The highest BCUT2D eigenvalue weighted by atomic mass is 35.5. The number of nitro groups is 1. The van der Waals surface area contributed by atoms with Crippen LogP contribution in [0.4, 0.5) is 11.4 Å². The van der Waals surface area contributed by atoms with Gasteiger partial charge >= 0.3 is 0 Å². The van der Waals surface area contributed by atoms with Crippen molar-refractivity contribution in [3.05, 3.63) is 55.7 Å². The van der Waals surface area contributed by atoms with Gasteiger partial charge in [0.25, 0.3) is 5.69 Å². The Kier molecular flexibility index (Phi) is 4.27. The van der Waals surface area contributed by atoms with Crippen LogP contribution in [0.3, 0.4) is 0 Å². The van der Waals surface area contributed by atoms with E-state index in [1.165, 1.54) is 29.5 Å². The molecular weight excluding hydrogens is 300 g/mol. The van der Waals surface area contributed by atoms with Gasteiger partial charge in [-0.1, -0.05) is 11.6 Å². The second-order valence-electron chi connectivity index (χ2n) is 4.56. The molecule has 0 saturated heterocycles. The second-order valence-corrected chi connectivity index (χ2v) is 5.75. The fraction of sp³-hybridized carbons (Fsp3) is 0.231. The van der Waals surface area contributed by atoms with Crippen LogP contribution in [0, 0.1) is 10.1 Å². The van der Waals surface area contributed by atoms with Crippen molar-refractivity contribution in [3.8, 4) is 0 Å². The third-order valence-electron chi connectivity index (χ3n) is 2.93. The predicted molar refractivity (Wildman–Crippen MR) is 80.5 cm³/mol. The molecule has 0 fully saturated rings. The normalized spacial score (nSPS) is 13.8. The molecular formula is C13H13ClN2O3S. The molecule has 0 amide bonds. The van der Waals surface area contributed by atoms with E-state index in [0.717, 1.165) is 5.56 Å². The summed E-state index contributed by atoms with van der Waals surface area (Å²) in [5.41, 5.74) is 0.261. The fourth-order valence-electron chi connectivity index (χ4n) is 1.70. The Morgan fingerprint density at radius 1 is 1.50 bits per heavy atom. The van der Waals surface area contributed by atoms with Crippen LogP contribution in [-0.2, 0) is 5.60 Å². The molecule has 0 spiro atoms. The zero-order chi connectivity index (χ0) is 14.8. The van der Waals surface area contributed by atoms with Crippen LogP contribution in [0.1, 0.15) is 12.5 Å². The highest BCUT2D eigenvalue weighted by Crippen LogP contribution is 2.29. The van der Waals surface area contributed by atoms with E-state index in [1.807, 2.05) is 16.8 Å². The lowest BCUT2D eigenvalue weighted by Gasteiger charge is -2.23. The predicted octanol–water partition coefficient (Wildman–Crippen LogP) is 3.63. The van der Waals surface area contributed by atoms with Gasteiger partial charge in [0.2, 0.25) is 0 Å². The van der Waals surface area contributed by atoms with Gasteiger partial charge in [0.15, 0.2) is 0 Å². The van der Waals surface area contributed by atoms with Crippen LogP contribution in [0.25, 0.3) is 0 Å². The third kappa shape index (κ3) is 3.27. The molecule has 5 nitrogen and oxygen atoms in total. The van der Waals surface area contributed by atoms with Crippen molar-refractivity contribution in [2.24, 2.45) is 0 Å². The number of non-ortho nitro benzene ring substituents is 1. The first kappa shape index (κ1) is 14.8. The van der Waals surface area contributed by atoms with Gasteiger partial charge in [-0.05, 0) is 35.4 Å². The van der Waals surface area contributed by atoms with Crippen molar-refractivity contribution in [1.29, 1.82) is 0 Å². The summed E-state index contributed by atoms with van der Waals surface area (Å²) in [6.45, 7) is 1.95. The Morgan fingerprint density at radius 2 is 2.25 bits per heavy atom. The molecule has 106 valence electrons. The Balaban J connectivity index is 2.10. The van der Waals surface area contributed by atoms with Crippen molar-refractivity contribution in [2.75, 3.05) is 11.9 Å². The number of nitrogens with zero attached hydrogens (tertiary/aromatic N) is 1.